The van der Waals surface area contributed by atoms with Crippen LogP contribution in [0.2, 0.25) is 0 Å². The first-order valence-corrected chi connectivity index (χ1v) is 4.33. The van der Waals surface area contributed by atoms with Crippen LogP contribution in [0.1, 0.15) is 25.8 Å². The first-order chi connectivity index (χ1) is 6.29. The summed E-state index contributed by atoms with van der Waals surface area (Å²) < 4.78 is 12.0. The van der Waals surface area contributed by atoms with Crippen LogP contribution in [-0.4, -0.2) is 0 Å². The van der Waals surface area contributed by atoms with Crippen LogP contribution in [0.25, 0.3) is 5.57 Å². The van der Waals surface area contributed by atoms with Gasteiger partial charge in [0.2, 0.25) is 0 Å². The Morgan fingerprint density at radius 3 is 2.38 bits per heavy atom. The van der Waals surface area contributed by atoms with Crippen molar-refractivity contribution in [1.29, 1.82) is 0 Å². The highest BCUT2D eigenvalue weighted by atomic mass is 19.3. The Labute approximate surface area is 77.7 Å². The topological polar surface area (TPSA) is 9.23 Å². The van der Waals surface area contributed by atoms with Crippen LogP contribution in [0, 0.1) is 0 Å². The average Bonchev–Trinajstić information content (AvgIpc) is 2.20. The first kappa shape index (κ1) is 9.78. The molecular formula is C11H13FO. The highest BCUT2D eigenvalue weighted by Gasteiger charge is 2.04. The first-order valence-electron chi connectivity index (χ1n) is 4.33. The highest BCUT2D eigenvalue weighted by molar-refractivity contribution is 5.66. The molecule has 1 nitrogen and oxygen atoms in total. The van der Waals surface area contributed by atoms with Gasteiger partial charge in [-0.3, -0.25) is 4.94 Å². The molecule has 0 amide bonds. The third kappa shape index (κ3) is 2.31. The zero-order valence-electron chi connectivity index (χ0n) is 7.88. The highest BCUT2D eigenvalue weighted by Crippen LogP contribution is 2.22. The summed E-state index contributed by atoms with van der Waals surface area (Å²) in [6, 6.07) is 9.68. The Hall–Kier alpha value is -1.31. The van der Waals surface area contributed by atoms with E-state index in [1.807, 2.05) is 37.3 Å². The van der Waals surface area contributed by atoms with Crippen molar-refractivity contribution in [2.24, 2.45) is 0 Å². The number of allylic oxidation sites excluding steroid dienone is 2. The van der Waals surface area contributed by atoms with Crippen molar-refractivity contribution in [3.63, 3.8) is 0 Å². The van der Waals surface area contributed by atoms with E-state index in [9.17, 15) is 4.53 Å². The molecule has 0 spiro atoms. The van der Waals surface area contributed by atoms with Crippen molar-refractivity contribution in [3.05, 3.63) is 41.7 Å². The maximum absolute atomic E-state index is 12.0. The lowest BCUT2D eigenvalue weighted by Gasteiger charge is -2.06. The standard InChI is InChI=1S/C11H13FO/c1-3-11(9(2)13-12)10-7-5-4-6-8-10/h4-8H,3H2,1-2H3/b11-9+. The summed E-state index contributed by atoms with van der Waals surface area (Å²) in [5.74, 6) is 0.341. The quantitative estimate of drug-likeness (QED) is 0.644. The van der Waals surface area contributed by atoms with Gasteiger partial charge in [0, 0.05) is 10.1 Å². The van der Waals surface area contributed by atoms with Crippen LogP contribution < -0.4 is 0 Å². The second-order valence-corrected chi connectivity index (χ2v) is 2.83. The molecule has 13 heavy (non-hydrogen) atoms. The number of halogens is 1. The lowest BCUT2D eigenvalue weighted by atomic mass is 10.0. The smallest absolute Gasteiger partial charge is 0.149 e. The second-order valence-electron chi connectivity index (χ2n) is 2.83. The summed E-state index contributed by atoms with van der Waals surface area (Å²) >= 11 is 0. The van der Waals surface area contributed by atoms with E-state index in [-0.39, 0.29) is 0 Å². The van der Waals surface area contributed by atoms with Crippen LogP contribution in [0.3, 0.4) is 0 Å². The molecule has 1 rings (SSSR count). The lowest BCUT2D eigenvalue weighted by molar-refractivity contribution is -0.0812. The zero-order valence-corrected chi connectivity index (χ0v) is 7.88. The summed E-state index contributed by atoms with van der Waals surface area (Å²) in [6.07, 6.45) is 0.764. The number of hydrogen-bond donors (Lipinski definition) is 0. The van der Waals surface area contributed by atoms with Gasteiger partial charge in [-0.1, -0.05) is 37.3 Å². The van der Waals surface area contributed by atoms with Gasteiger partial charge in [0.1, 0.15) is 5.76 Å². The Balaban J connectivity index is 3.05. The van der Waals surface area contributed by atoms with Gasteiger partial charge < -0.3 is 0 Å². The van der Waals surface area contributed by atoms with E-state index in [1.54, 1.807) is 6.92 Å². The molecule has 0 bridgehead atoms. The molecule has 0 saturated carbocycles. The molecule has 1 aromatic carbocycles. The van der Waals surface area contributed by atoms with E-state index in [4.69, 9.17) is 0 Å². The molecule has 0 aliphatic carbocycles. The Bertz CT molecular complexity index is 290. The molecule has 0 heterocycles. The molecule has 0 N–H and O–H groups in total. The van der Waals surface area contributed by atoms with Gasteiger partial charge in [0.15, 0.2) is 0 Å². The van der Waals surface area contributed by atoms with Crippen molar-refractivity contribution in [2.45, 2.75) is 20.3 Å². The fraction of sp³-hybridized carbons (Fsp3) is 0.273. The van der Waals surface area contributed by atoms with Crippen molar-refractivity contribution in [3.8, 4) is 0 Å². The van der Waals surface area contributed by atoms with Gasteiger partial charge in [0.25, 0.3) is 0 Å². The summed E-state index contributed by atoms with van der Waals surface area (Å²) in [6.45, 7) is 3.61. The average molecular weight is 180 g/mol. The molecule has 0 aliphatic heterocycles. The molecule has 0 aromatic heterocycles. The van der Waals surface area contributed by atoms with E-state index < -0.39 is 0 Å². The summed E-state index contributed by atoms with van der Waals surface area (Å²) in [4.78, 5) is 3.74. The van der Waals surface area contributed by atoms with Gasteiger partial charge in [-0.25, -0.2) is 0 Å². The third-order valence-corrected chi connectivity index (χ3v) is 2.02. The molecule has 0 aliphatic rings. The summed E-state index contributed by atoms with van der Waals surface area (Å²) in [5.41, 5.74) is 1.92. The Kier molecular flexibility index (Phi) is 3.50. The number of benzene rings is 1. The van der Waals surface area contributed by atoms with E-state index in [1.165, 1.54) is 0 Å². The fourth-order valence-corrected chi connectivity index (χ4v) is 1.34. The molecular weight excluding hydrogens is 167 g/mol. The monoisotopic (exact) mass is 180 g/mol. The van der Waals surface area contributed by atoms with Crippen molar-refractivity contribution in [1.82, 2.24) is 0 Å². The second kappa shape index (κ2) is 4.65. The summed E-state index contributed by atoms with van der Waals surface area (Å²) in [5, 5.41) is 0. The Morgan fingerprint density at radius 1 is 1.31 bits per heavy atom. The van der Waals surface area contributed by atoms with E-state index >= 15 is 0 Å². The van der Waals surface area contributed by atoms with Crippen molar-refractivity contribution < 1.29 is 9.47 Å². The van der Waals surface area contributed by atoms with Crippen LogP contribution in [-0.2, 0) is 4.94 Å². The van der Waals surface area contributed by atoms with Gasteiger partial charge in [-0.05, 0) is 18.9 Å². The van der Waals surface area contributed by atoms with Crippen LogP contribution >= 0.6 is 0 Å². The molecule has 0 atom stereocenters. The fourth-order valence-electron chi connectivity index (χ4n) is 1.34. The maximum Gasteiger partial charge on any atom is 0.149 e. The summed E-state index contributed by atoms with van der Waals surface area (Å²) in [7, 11) is 0. The SMILES string of the molecule is CC/C(=C(/C)OF)c1ccccc1. The molecule has 0 fully saturated rings. The van der Waals surface area contributed by atoms with Gasteiger partial charge in [0.05, 0.1) is 0 Å². The van der Waals surface area contributed by atoms with Crippen LogP contribution in [0.5, 0.6) is 0 Å². The van der Waals surface area contributed by atoms with E-state index in [0.29, 0.717) is 5.76 Å². The minimum atomic E-state index is 0.341. The molecule has 0 saturated heterocycles. The maximum atomic E-state index is 12.0. The lowest BCUT2D eigenvalue weighted by Crippen LogP contribution is -1.88. The minimum Gasteiger partial charge on any atom is -0.299 e. The van der Waals surface area contributed by atoms with Gasteiger partial charge in [-0.2, -0.15) is 0 Å². The molecule has 0 radical (unpaired) electrons. The Morgan fingerprint density at radius 2 is 1.92 bits per heavy atom. The van der Waals surface area contributed by atoms with Crippen LogP contribution in [0.4, 0.5) is 4.53 Å². The normalized spacial score (nSPS) is 12.2. The molecule has 0 unspecified atom stereocenters. The predicted molar refractivity (Wildman–Crippen MR) is 51.5 cm³/mol. The van der Waals surface area contributed by atoms with E-state index in [2.05, 4.69) is 4.94 Å². The van der Waals surface area contributed by atoms with Gasteiger partial charge >= 0.3 is 0 Å². The number of rotatable bonds is 3. The third-order valence-electron chi connectivity index (χ3n) is 2.02. The van der Waals surface area contributed by atoms with Crippen molar-refractivity contribution in [2.75, 3.05) is 0 Å². The van der Waals surface area contributed by atoms with Crippen molar-refractivity contribution >= 4 is 5.57 Å². The number of hydrogen-bond acceptors (Lipinski definition) is 1. The van der Waals surface area contributed by atoms with Gasteiger partial charge in [-0.15, -0.1) is 0 Å². The van der Waals surface area contributed by atoms with Crippen LogP contribution in [0.15, 0.2) is 36.1 Å². The molecule has 2 heteroatoms. The molecule has 70 valence electrons. The molecule has 1 aromatic rings. The van der Waals surface area contributed by atoms with E-state index in [0.717, 1.165) is 17.6 Å². The minimum absolute atomic E-state index is 0.341. The zero-order chi connectivity index (χ0) is 9.68. The largest absolute Gasteiger partial charge is 0.299 e. The predicted octanol–water partition coefficient (Wildman–Crippen LogP) is 3.73.